The molecule has 138 valence electrons. The van der Waals surface area contributed by atoms with Gasteiger partial charge in [-0.1, -0.05) is 6.07 Å². The third-order valence-electron chi connectivity index (χ3n) is 6.51. The number of imidazole rings is 1. The molecule has 0 N–H and O–H groups in total. The summed E-state index contributed by atoms with van der Waals surface area (Å²) in [6.45, 7) is 6.37. The van der Waals surface area contributed by atoms with Crippen molar-refractivity contribution in [2.24, 2.45) is 11.8 Å². The molecule has 0 spiro atoms. The fraction of sp³-hybridized carbons (Fsp3) is 0.619. The number of piperidine rings is 1. The average molecular weight is 352 g/mol. The fourth-order valence-electron chi connectivity index (χ4n) is 4.84. The summed E-state index contributed by atoms with van der Waals surface area (Å²) in [6.07, 6.45) is 9.69. The summed E-state index contributed by atoms with van der Waals surface area (Å²) >= 11 is 0. The van der Waals surface area contributed by atoms with Crippen molar-refractivity contribution in [3.8, 4) is 0 Å². The smallest absolute Gasteiger partial charge is 0.228 e. The molecule has 4 fully saturated rings. The predicted octanol–water partition coefficient (Wildman–Crippen LogP) is 2.52. The fourth-order valence-corrected chi connectivity index (χ4v) is 4.84. The molecule has 0 radical (unpaired) electrons. The molecule has 26 heavy (non-hydrogen) atoms. The van der Waals surface area contributed by atoms with Gasteiger partial charge in [-0.25, -0.2) is 4.98 Å². The Balaban J connectivity index is 1.31. The molecule has 2 aromatic heterocycles. The highest BCUT2D eigenvalue weighted by molar-refractivity contribution is 5.79. The van der Waals surface area contributed by atoms with E-state index in [2.05, 4.69) is 32.2 Å². The molecule has 1 amide bonds. The number of aryl methyl sites for hydroxylation is 1. The van der Waals surface area contributed by atoms with Crippen LogP contribution in [0.1, 0.15) is 36.9 Å². The van der Waals surface area contributed by atoms with E-state index in [9.17, 15) is 4.79 Å². The third kappa shape index (κ3) is 3.02. The normalized spacial score (nSPS) is 26.4. The number of nitrogens with zero attached hydrogens (tertiary/aromatic N) is 4. The van der Waals surface area contributed by atoms with Gasteiger partial charge in [0, 0.05) is 44.6 Å². The van der Waals surface area contributed by atoms with E-state index in [1.165, 1.54) is 38.8 Å². The maximum Gasteiger partial charge on any atom is 0.228 e. The van der Waals surface area contributed by atoms with Gasteiger partial charge in [-0.15, -0.1) is 0 Å². The Hall–Kier alpha value is -1.88. The molecule has 1 aliphatic carbocycles. The monoisotopic (exact) mass is 352 g/mol. The second kappa shape index (κ2) is 6.38. The Kier molecular flexibility index (Phi) is 4.00. The van der Waals surface area contributed by atoms with E-state index < -0.39 is 0 Å². The van der Waals surface area contributed by atoms with E-state index >= 15 is 0 Å². The molecule has 1 saturated carbocycles. The zero-order valence-corrected chi connectivity index (χ0v) is 15.6. The van der Waals surface area contributed by atoms with Gasteiger partial charge in [-0.05, 0) is 56.1 Å². The summed E-state index contributed by atoms with van der Waals surface area (Å²) in [5, 5.41) is 0. The lowest BCUT2D eigenvalue weighted by molar-refractivity contribution is -0.130. The molecule has 0 unspecified atom stereocenters. The second-order valence-electron chi connectivity index (χ2n) is 8.60. The van der Waals surface area contributed by atoms with Gasteiger partial charge in [0.1, 0.15) is 5.65 Å². The van der Waals surface area contributed by atoms with Crippen LogP contribution in [0.5, 0.6) is 0 Å². The summed E-state index contributed by atoms with van der Waals surface area (Å²) in [4.78, 5) is 22.4. The number of pyridine rings is 1. The third-order valence-corrected chi connectivity index (χ3v) is 6.51. The van der Waals surface area contributed by atoms with Gasteiger partial charge < -0.3 is 9.30 Å². The van der Waals surface area contributed by atoms with Crippen molar-refractivity contribution in [2.45, 2.75) is 45.1 Å². The standard InChI is InChI=1S/C21H28N4O/c1-15-3-2-8-25-19(10-22-21(15)25)9-20(26)24-13-17-6-7-18(14-24)23(12-17)11-16-4-5-16/h2-3,8,10,16-18H,4-7,9,11-14H2,1H3/t17-,18-/m1/s1. The average Bonchev–Trinajstić information content (AvgIpc) is 3.41. The van der Waals surface area contributed by atoms with Gasteiger partial charge in [0.2, 0.25) is 5.91 Å². The van der Waals surface area contributed by atoms with Crippen LogP contribution in [-0.2, 0) is 11.2 Å². The quantitative estimate of drug-likeness (QED) is 0.849. The van der Waals surface area contributed by atoms with Crippen molar-refractivity contribution in [3.63, 3.8) is 0 Å². The topological polar surface area (TPSA) is 40.9 Å². The number of rotatable bonds is 4. The second-order valence-corrected chi connectivity index (χ2v) is 8.60. The van der Waals surface area contributed by atoms with Crippen LogP contribution in [0.2, 0.25) is 0 Å². The highest BCUT2D eigenvalue weighted by atomic mass is 16.2. The first kappa shape index (κ1) is 16.3. The Morgan fingerprint density at radius 1 is 1.19 bits per heavy atom. The molecule has 5 heteroatoms. The summed E-state index contributed by atoms with van der Waals surface area (Å²) in [5.74, 6) is 1.85. The van der Waals surface area contributed by atoms with Crippen LogP contribution in [0.25, 0.3) is 5.65 Å². The Morgan fingerprint density at radius 2 is 2.08 bits per heavy atom. The van der Waals surface area contributed by atoms with Crippen LogP contribution < -0.4 is 0 Å². The molecule has 2 aromatic rings. The Bertz CT molecular complexity index is 825. The van der Waals surface area contributed by atoms with Crippen LogP contribution in [0.3, 0.4) is 0 Å². The lowest BCUT2D eigenvalue weighted by Gasteiger charge is -2.36. The molecule has 6 rings (SSSR count). The van der Waals surface area contributed by atoms with Gasteiger partial charge in [0.25, 0.3) is 0 Å². The number of fused-ring (bicyclic) bond motifs is 5. The first-order valence-electron chi connectivity index (χ1n) is 10.1. The van der Waals surface area contributed by atoms with Gasteiger partial charge in [-0.2, -0.15) is 0 Å². The summed E-state index contributed by atoms with van der Waals surface area (Å²) < 4.78 is 2.07. The highest BCUT2D eigenvalue weighted by Gasteiger charge is 2.38. The van der Waals surface area contributed by atoms with Crippen LogP contribution in [-0.4, -0.2) is 57.3 Å². The SMILES string of the molecule is Cc1cccn2c(CC(=O)N3C[C@@H]4CC[C@H](C3)N(CC3CC3)C4)cnc12. The minimum atomic E-state index is 0.262. The first-order valence-corrected chi connectivity index (χ1v) is 10.1. The number of hydrogen-bond acceptors (Lipinski definition) is 3. The molecule has 3 saturated heterocycles. The Morgan fingerprint density at radius 3 is 2.92 bits per heavy atom. The van der Waals surface area contributed by atoms with Crippen molar-refractivity contribution in [1.29, 1.82) is 0 Å². The maximum absolute atomic E-state index is 13.1. The number of carbonyl (C=O) groups excluding carboxylic acids is 1. The summed E-state index contributed by atoms with van der Waals surface area (Å²) in [7, 11) is 0. The van der Waals surface area contributed by atoms with Crippen molar-refractivity contribution in [2.75, 3.05) is 26.2 Å². The minimum absolute atomic E-state index is 0.262. The van der Waals surface area contributed by atoms with Gasteiger partial charge in [0.15, 0.2) is 0 Å². The molecule has 2 atom stereocenters. The number of amides is 1. The van der Waals surface area contributed by atoms with E-state index in [4.69, 9.17) is 0 Å². The first-order chi connectivity index (χ1) is 12.7. The van der Waals surface area contributed by atoms with E-state index in [0.717, 1.165) is 35.9 Å². The van der Waals surface area contributed by atoms with Crippen LogP contribution in [0.15, 0.2) is 24.5 Å². The zero-order valence-electron chi connectivity index (χ0n) is 15.6. The zero-order chi connectivity index (χ0) is 17.7. The van der Waals surface area contributed by atoms with Gasteiger partial charge >= 0.3 is 0 Å². The molecule has 5 heterocycles. The van der Waals surface area contributed by atoms with Crippen molar-refractivity contribution < 1.29 is 4.79 Å². The van der Waals surface area contributed by atoms with Crippen LogP contribution >= 0.6 is 0 Å². The van der Waals surface area contributed by atoms with Crippen LogP contribution in [0, 0.1) is 18.8 Å². The van der Waals surface area contributed by atoms with Crippen LogP contribution in [0.4, 0.5) is 0 Å². The lowest BCUT2D eigenvalue weighted by atomic mass is 9.95. The maximum atomic E-state index is 13.1. The molecular formula is C21H28N4O. The van der Waals surface area contributed by atoms with E-state index in [1.807, 2.05) is 18.5 Å². The van der Waals surface area contributed by atoms with Gasteiger partial charge in [-0.3, -0.25) is 9.69 Å². The predicted molar refractivity (Wildman–Crippen MR) is 101 cm³/mol. The minimum Gasteiger partial charge on any atom is -0.340 e. The molecule has 2 bridgehead atoms. The molecule has 3 aliphatic heterocycles. The molecule has 0 aromatic carbocycles. The van der Waals surface area contributed by atoms with Crippen molar-refractivity contribution >= 4 is 11.6 Å². The van der Waals surface area contributed by atoms with Crippen molar-refractivity contribution in [3.05, 3.63) is 35.8 Å². The number of carbonyl (C=O) groups is 1. The largest absolute Gasteiger partial charge is 0.340 e. The molecular weight excluding hydrogens is 324 g/mol. The number of hydrogen-bond donors (Lipinski definition) is 0. The van der Waals surface area contributed by atoms with E-state index in [0.29, 0.717) is 18.4 Å². The molecule has 4 aliphatic rings. The lowest BCUT2D eigenvalue weighted by Crippen LogP contribution is -2.45. The van der Waals surface area contributed by atoms with E-state index in [1.54, 1.807) is 0 Å². The molecule has 5 nitrogen and oxygen atoms in total. The highest BCUT2D eigenvalue weighted by Crippen LogP contribution is 2.35. The summed E-state index contributed by atoms with van der Waals surface area (Å²) in [6, 6.07) is 4.66. The van der Waals surface area contributed by atoms with E-state index in [-0.39, 0.29) is 5.91 Å². The summed E-state index contributed by atoms with van der Waals surface area (Å²) in [5.41, 5.74) is 3.11. The number of aromatic nitrogens is 2. The van der Waals surface area contributed by atoms with Crippen molar-refractivity contribution in [1.82, 2.24) is 19.2 Å². The Labute approximate surface area is 155 Å². The van der Waals surface area contributed by atoms with Gasteiger partial charge in [0.05, 0.1) is 12.1 Å².